The second kappa shape index (κ2) is 11.7. The van der Waals surface area contributed by atoms with Gasteiger partial charge >= 0.3 is 0 Å². The number of ether oxygens (including phenoxy) is 1. The van der Waals surface area contributed by atoms with Crippen LogP contribution in [0, 0.1) is 12.7 Å². The Hall–Kier alpha value is -2.89. The summed E-state index contributed by atoms with van der Waals surface area (Å²) in [7, 11) is 0. The molecule has 2 amide bonds. The van der Waals surface area contributed by atoms with Gasteiger partial charge < -0.3 is 15.0 Å². The summed E-state index contributed by atoms with van der Waals surface area (Å²) in [5.41, 5.74) is 2.05. The molecule has 6 heteroatoms. The van der Waals surface area contributed by atoms with Crippen LogP contribution in [0.2, 0.25) is 0 Å². The fraction of sp³-hybridized carbons (Fsp3) is 0.462. The van der Waals surface area contributed by atoms with Crippen molar-refractivity contribution in [2.75, 3.05) is 6.61 Å². The number of rotatable bonds is 9. The van der Waals surface area contributed by atoms with Crippen molar-refractivity contribution < 1.29 is 18.7 Å². The lowest BCUT2D eigenvalue weighted by atomic mass is 9.95. The average Bonchev–Trinajstić information content (AvgIpc) is 2.80. The van der Waals surface area contributed by atoms with Gasteiger partial charge in [0.05, 0.1) is 0 Å². The van der Waals surface area contributed by atoms with E-state index in [1.54, 1.807) is 17.0 Å². The van der Waals surface area contributed by atoms with Gasteiger partial charge in [0.2, 0.25) is 5.91 Å². The predicted octanol–water partition coefficient (Wildman–Crippen LogP) is 4.77. The predicted molar refractivity (Wildman–Crippen MR) is 123 cm³/mol. The van der Waals surface area contributed by atoms with Crippen molar-refractivity contribution in [1.82, 2.24) is 10.2 Å². The maximum absolute atomic E-state index is 13.9. The van der Waals surface area contributed by atoms with Gasteiger partial charge in [0.15, 0.2) is 18.2 Å². The maximum Gasteiger partial charge on any atom is 0.261 e. The first kappa shape index (κ1) is 23.8. The molecule has 0 spiro atoms. The first-order valence-electron chi connectivity index (χ1n) is 11.5. The van der Waals surface area contributed by atoms with Crippen LogP contribution in [0.5, 0.6) is 5.75 Å². The minimum Gasteiger partial charge on any atom is -0.481 e. The maximum atomic E-state index is 13.9. The molecule has 1 unspecified atom stereocenters. The number of hydrogen-bond acceptors (Lipinski definition) is 3. The number of carbonyl (C=O) groups excluding carboxylic acids is 2. The molecular formula is C26H33FN2O3. The highest BCUT2D eigenvalue weighted by atomic mass is 19.1. The molecule has 1 aliphatic carbocycles. The van der Waals surface area contributed by atoms with E-state index in [1.807, 2.05) is 38.1 Å². The van der Waals surface area contributed by atoms with Gasteiger partial charge in [0.1, 0.15) is 6.04 Å². The molecule has 3 rings (SSSR count). The Labute approximate surface area is 190 Å². The highest BCUT2D eigenvalue weighted by Gasteiger charge is 2.30. The molecule has 1 fully saturated rings. The van der Waals surface area contributed by atoms with E-state index in [4.69, 9.17) is 4.74 Å². The number of halogens is 1. The number of benzene rings is 2. The van der Waals surface area contributed by atoms with Gasteiger partial charge in [0, 0.05) is 12.6 Å². The van der Waals surface area contributed by atoms with E-state index in [-0.39, 0.29) is 36.8 Å². The molecule has 0 radical (unpaired) electrons. The molecule has 0 saturated heterocycles. The Kier molecular flexibility index (Phi) is 8.65. The van der Waals surface area contributed by atoms with E-state index in [9.17, 15) is 14.0 Å². The summed E-state index contributed by atoms with van der Waals surface area (Å²) in [6.07, 6.45) is 5.87. The molecule has 2 aromatic rings. The van der Waals surface area contributed by atoms with Gasteiger partial charge in [-0.05, 0) is 43.9 Å². The lowest BCUT2D eigenvalue weighted by Crippen LogP contribution is -2.52. The van der Waals surface area contributed by atoms with Gasteiger partial charge in [0.25, 0.3) is 5.91 Å². The highest BCUT2D eigenvalue weighted by molar-refractivity contribution is 5.88. The van der Waals surface area contributed by atoms with Crippen molar-refractivity contribution in [1.29, 1.82) is 0 Å². The largest absolute Gasteiger partial charge is 0.481 e. The van der Waals surface area contributed by atoms with Crippen LogP contribution in [0.4, 0.5) is 4.39 Å². The average molecular weight is 441 g/mol. The Morgan fingerprint density at radius 1 is 1.09 bits per heavy atom. The first-order valence-corrected chi connectivity index (χ1v) is 11.5. The van der Waals surface area contributed by atoms with Gasteiger partial charge in [-0.1, -0.05) is 68.1 Å². The number of nitrogens with one attached hydrogen (secondary N) is 1. The summed E-state index contributed by atoms with van der Waals surface area (Å²) in [5, 5.41) is 3.15. The van der Waals surface area contributed by atoms with E-state index in [2.05, 4.69) is 5.32 Å². The zero-order valence-electron chi connectivity index (χ0n) is 19.0. The van der Waals surface area contributed by atoms with Crippen molar-refractivity contribution in [3.8, 4) is 5.75 Å². The van der Waals surface area contributed by atoms with Gasteiger partial charge in [-0.15, -0.1) is 0 Å². The van der Waals surface area contributed by atoms with Crippen molar-refractivity contribution >= 4 is 11.8 Å². The number of nitrogens with zero attached hydrogens (tertiary/aromatic N) is 1. The molecule has 1 saturated carbocycles. The minimum absolute atomic E-state index is 0.0239. The Balaban J connectivity index is 1.75. The number of carbonyl (C=O) groups is 2. The van der Waals surface area contributed by atoms with Crippen LogP contribution in [0.15, 0.2) is 48.5 Å². The molecule has 1 aliphatic rings. The van der Waals surface area contributed by atoms with Crippen LogP contribution in [-0.2, 0) is 16.1 Å². The van der Waals surface area contributed by atoms with Gasteiger partial charge in [-0.2, -0.15) is 0 Å². The Morgan fingerprint density at radius 2 is 1.78 bits per heavy atom. The van der Waals surface area contributed by atoms with Crippen LogP contribution in [0.25, 0.3) is 0 Å². The number of amides is 2. The van der Waals surface area contributed by atoms with E-state index in [0.29, 0.717) is 6.42 Å². The van der Waals surface area contributed by atoms with E-state index < -0.39 is 11.9 Å². The smallest absolute Gasteiger partial charge is 0.261 e. The molecule has 0 aromatic heterocycles. The molecule has 1 atom stereocenters. The standard InChI is InChI=1S/C26H33FN2O3/c1-3-23(26(31)28-21-9-5-4-6-10-21)29(17-20-15-13-19(2)14-16-20)25(30)18-32-24-12-8-7-11-22(24)27/h7-8,11-16,21,23H,3-6,9-10,17-18H2,1-2H3,(H,28,31). The van der Waals surface area contributed by atoms with Crippen molar-refractivity contribution in [3.63, 3.8) is 0 Å². The summed E-state index contributed by atoms with van der Waals surface area (Å²) in [4.78, 5) is 27.9. The van der Waals surface area contributed by atoms with E-state index >= 15 is 0 Å². The number of hydrogen-bond donors (Lipinski definition) is 1. The van der Waals surface area contributed by atoms with Crippen molar-refractivity contribution in [2.24, 2.45) is 0 Å². The van der Waals surface area contributed by atoms with Crippen LogP contribution < -0.4 is 10.1 Å². The second-order valence-corrected chi connectivity index (χ2v) is 8.49. The van der Waals surface area contributed by atoms with Crippen LogP contribution >= 0.6 is 0 Å². The molecule has 5 nitrogen and oxygen atoms in total. The summed E-state index contributed by atoms with van der Waals surface area (Å²) in [6, 6.07) is 13.4. The third kappa shape index (κ3) is 6.55. The molecule has 0 aliphatic heterocycles. The lowest BCUT2D eigenvalue weighted by Gasteiger charge is -2.32. The topological polar surface area (TPSA) is 58.6 Å². The fourth-order valence-electron chi connectivity index (χ4n) is 4.14. The van der Waals surface area contributed by atoms with Gasteiger partial charge in [-0.3, -0.25) is 9.59 Å². The Bertz CT molecular complexity index is 894. The molecule has 0 heterocycles. The molecule has 0 bridgehead atoms. The first-order chi connectivity index (χ1) is 15.5. The minimum atomic E-state index is -0.616. The quantitative estimate of drug-likeness (QED) is 0.611. The van der Waals surface area contributed by atoms with Crippen molar-refractivity contribution in [3.05, 3.63) is 65.5 Å². The zero-order chi connectivity index (χ0) is 22.9. The zero-order valence-corrected chi connectivity index (χ0v) is 19.0. The second-order valence-electron chi connectivity index (χ2n) is 8.49. The summed E-state index contributed by atoms with van der Waals surface area (Å²) >= 11 is 0. The summed E-state index contributed by atoms with van der Waals surface area (Å²) in [6.45, 7) is 3.86. The summed E-state index contributed by atoms with van der Waals surface area (Å²) < 4.78 is 19.4. The molecule has 2 aromatic carbocycles. The third-order valence-corrected chi connectivity index (χ3v) is 6.00. The molecule has 172 valence electrons. The van der Waals surface area contributed by atoms with Crippen LogP contribution in [0.1, 0.15) is 56.6 Å². The number of aryl methyl sites for hydroxylation is 1. The fourth-order valence-corrected chi connectivity index (χ4v) is 4.14. The molecular weight excluding hydrogens is 407 g/mol. The monoisotopic (exact) mass is 440 g/mol. The van der Waals surface area contributed by atoms with E-state index in [0.717, 1.165) is 36.8 Å². The Morgan fingerprint density at radius 3 is 2.44 bits per heavy atom. The molecule has 32 heavy (non-hydrogen) atoms. The lowest BCUT2D eigenvalue weighted by molar-refractivity contribution is -0.143. The highest BCUT2D eigenvalue weighted by Crippen LogP contribution is 2.20. The number of para-hydroxylation sites is 1. The van der Waals surface area contributed by atoms with Crippen LogP contribution in [-0.4, -0.2) is 35.4 Å². The normalized spacial score (nSPS) is 15.1. The van der Waals surface area contributed by atoms with Gasteiger partial charge in [-0.25, -0.2) is 4.39 Å². The molecule has 1 N–H and O–H groups in total. The van der Waals surface area contributed by atoms with Crippen LogP contribution in [0.3, 0.4) is 0 Å². The SMILES string of the molecule is CCC(C(=O)NC1CCCCC1)N(Cc1ccc(C)cc1)C(=O)COc1ccccc1F. The third-order valence-electron chi connectivity index (χ3n) is 6.00. The summed E-state index contributed by atoms with van der Waals surface area (Å²) in [5.74, 6) is -0.978. The van der Waals surface area contributed by atoms with Crippen molar-refractivity contribution in [2.45, 2.75) is 71.0 Å². The van der Waals surface area contributed by atoms with E-state index in [1.165, 1.54) is 18.6 Å².